The Morgan fingerprint density at radius 1 is 1.52 bits per heavy atom. The number of hydrogen-bond acceptors (Lipinski definition) is 5. The van der Waals surface area contributed by atoms with Crippen LogP contribution in [0, 0.1) is 12.7 Å². The van der Waals surface area contributed by atoms with Gasteiger partial charge in [0, 0.05) is 18.7 Å². The van der Waals surface area contributed by atoms with Gasteiger partial charge in [-0.25, -0.2) is 17.5 Å². The summed E-state index contributed by atoms with van der Waals surface area (Å²) in [6.45, 7) is 0.721. The van der Waals surface area contributed by atoms with E-state index in [2.05, 4.69) is 4.72 Å². The largest absolute Gasteiger partial charge is 0.388 e. The number of likely N-dealkylation sites (tertiary alicyclic amines) is 1. The molecule has 1 aromatic carbocycles. The Kier molecular flexibility index (Phi) is 4.76. The first-order valence-corrected chi connectivity index (χ1v) is 8.81. The van der Waals surface area contributed by atoms with E-state index in [1.165, 1.54) is 17.0 Å². The number of rotatable bonds is 4. The van der Waals surface area contributed by atoms with Crippen molar-refractivity contribution in [1.82, 2.24) is 9.62 Å². The summed E-state index contributed by atoms with van der Waals surface area (Å²) in [6.07, 6.45) is -0.383. The maximum absolute atomic E-state index is 13.6. The lowest BCUT2D eigenvalue weighted by molar-refractivity contribution is -0.0352. The van der Waals surface area contributed by atoms with Gasteiger partial charge < -0.3 is 15.1 Å². The maximum Gasteiger partial charge on any atom is 0.254 e. The Morgan fingerprint density at radius 3 is 2.74 bits per heavy atom. The average molecular weight is 346 g/mol. The molecule has 128 valence electrons. The number of hydrogen-bond donors (Lipinski definition) is 3. The van der Waals surface area contributed by atoms with E-state index in [-0.39, 0.29) is 18.7 Å². The van der Waals surface area contributed by atoms with Crippen LogP contribution in [0.15, 0.2) is 18.2 Å². The Labute approximate surface area is 133 Å². The minimum atomic E-state index is -3.55. The zero-order valence-corrected chi connectivity index (χ0v) is 13.6. The predicted octanol–water partition coefficient (Wildman–Crippen LogP) is -0.769. The predicted molar refractivity (Wildman–Crippen MR) is 80.8 cm³/mol. The van der Waals surface area contributed by atoms with E-state index < -0.39 is 40.0 Å². The van der Waals surface area contributed by atoms with Crippen molar-refractivity contribution in [1.29, 1.82) is 0 Å². The Morgan fingerprint density at radius 2 is 2.17 bits per heavy atom. The number of carbonyl (C=O) groups is 1. The zero-order valence-electron chi connectivity index (χ0n) is 12.8. The van der Waals surface area contributed by atoms with Crippen LogP contribution in [0.1, 0.15) is 15.9 Å². The Bertz CT molecular complexity index is 724. The molecule has 2 atom stereocenters. The van der Waals surface area contributed by atoms with Gasteiger partial charge >= 0.3 is 0 Å². The van der Waals surface area contributed by atoms with Crippen LogP contribution >= 0.6 is 0 Å². The molecule has 23 heavy (non-hydrogen) atoms. The van der Waals surface area contributed by atoms with Crippen LogP contribution in [-0.2, 0) is 10.0 Å². The maximum atomic E-state index is 13.6. The van der Waals surface area contributed by atoms with Gasteiger partial charge in [-0.05, 0) is 24.6 Å². The third-order valence-corrected chi connectivity index (χ3v) is 4.49. The van der Waals surface area contributed by atoms with Crippen molar-refractivity contribution in [2.24, 2.45) is 0 Å². The van der Waals surface area contributed by atoms with Gasteiger partial charge in [-0.2, -0.15) is 0 Å². The van der Waals surface area contributed by atoms with Gasteiger partial charge in [0.15, 0.2) is 0 Å². The number of benzene rings is 1. The molecular formula is C14H19FN2O5S. The van der Waals surface area contributed by atoms with E-state index in [0.29, 0.717) is 5.56 Å². The SMILES string of the molecule is Cc1ccc(C(=O)N2C[C@@H](O)[C@](O)(CNS(C)(=O)=O)C2)cc1F. The number of sulfonamides is 1. The minimum absolute atomic E-state index is 0.0978. The van der Waals surface area contributed by atoms with E-state index in [9.17, 15) is 27.8 Å². The number of aliphatic hydroxyl groups is 2. The highest BCUT2D eigenvalue weighted by molar-refractivity contribution is 7.88. The van der Waals surface area contributed by atoms with Crippen LogP contribution in [0.5, 0.6) is 0 Å². The van der Waals surface area contributed by atoms with Crippen LogP contribution in [0.4, 0.5) is 4.39 Å². The Hall–Kier alpha value is -1.55. The summed E-state index contributed by atoms with van der Waals surface area (Å²) in [5, 5.41) is 20.3. The van der Waals surface area contributed by atoms with Gasteiger partial charge in [0.1, 0.15) is 17.5 Å². The summed E-state index contributed by atoms with van der Waals surface area (Å²) < 4.78 is 37.9. The number of aliphatic hydroxyl groups excluding tert-OH is 1. The first kappa shape index (κ1) is 17.8. The summed E-state index contributed by atoms with van der Waals surface area (Å²) in [4.78, 5) is 13.5. The highest BCUT2D eigenvalue weighted by Crippen LogP contribution is 2.24. The molecule has 0 bridgehead atoms. The van der Waals surface area contributed by atoms with E-state index in [4.69, 9.17) is 0 Å². The number of halogens is 1. The standard InChI is InChI=1S/C14H19FN2O5S/c1-9-3-4-10(5-11(9)15)13(19)17-6-12(18)14(20,8-17)7-16-23(2,21)22/h3-5,12,16,18,20H,6-8H2,1-2H3/t12-,14+/m1/s1. The van der Waals surface area contributed by atoms with Gasteiger partial charge in [0.25, 0.3) is 5.91 Å². The summed E-state index contributed by atoms with van der Waals surface area (Å²) in [5.74, 6) is -1.07. The molecule has 2 rings (SSSR count). The second-order valence-corrected chi connectivity index (χ2v) is 7.70. The molecule has 1 saturated heterocycles. The van der Waals surface area contributed by atoms with Crippen molar-refractivity contribution in [3.8, 4) is 0 Å². The lowest BCUT2D eigenvalue weighted by Crippen LogP contribution is -2.51. The van der Waals surface area contributed by atoms with E-state index in [0.717, 1.165) is 12.3 Å². The number of nitrogens with zero attached hydrogens (tertiary/aromatic N) is 1. The monoisotopic (exact) mass is 346 g/mol. The van der Waals surface area contributed by atoms with Gasteiger partial charge in [0.2, 0.25) is 10.0 Å². The number of amides is 1. The van der Waals surface area contributed by atoms with Crippen LogP contribution in [-0.4, -0.2) is 67.0 Å². The van der Waals surface area contributed by atoms with Gasteiger partial charge in [0.05, 0.1) is 12.8 Å². The fourth-order valence-corrected chi connectivity index (χ4v) is 2.88. The van der Waals surface area contributed by atoms with E-state index in [1.54, 1.807) is 6.92 Å². The highest BCUT2D eigenvalue weighted by Gasteiger charge is 2.46. The third-order valence-electron chi connectivity index (χ3n) is 3.82. The van der Waals surface area contributed by atoms with Gasteiger partial charge in [-0.1, -0.05) is 6.07 Å². The van der Waals surface area contributed by atoms with Crippen molar-refractivity contribution in [3.05, 3.63) is 35.1 Å². The average Bonchev–Trinajstić information content (AvgIpc) is 2.75. The lowest BCUT2D eigenvalue weighted by Gasteiger charge is -2.25. The smallest absolute Gasteiger partial charge is 0.254 e. The number of aryl methyl sites for hydroxylation is 1. The topological polar surface area (TPSA) is 107 Å². The molecule has 0 saturated carbocycles. The number of nitrogens with one attached hydrogen (secondary N) is 1. The van der Waals surface area contributed by atoms with Gasteiger partial charge in [-0.15, -0.1) is 0 Å². The summed E-state index contributed by atoms with van der Waals surface area (Å²) in [6, 6.07) is 4.02. The van der Waals surface area contributed by atoms with Crippen molar-refractivity contribution in [2.45, 2.75) is 18.6 Å². The first-order chi connectivity index (χ1) is 10.5. The molecule has 9 heteroatoms. The fourth-order valence-electron chi connectivity index (χ4n) is 2.37. The summed E-state index contributed by atoms with van der Waals surface area (Å²) >= 11 is 0. The molecule has 1 aromatic rings. The fraction of sp³-hybridized carbons (Fsp3) is 0.500. The molecule has 1 heterocycles. The molecule has 1 amide bonds. The van der Waals surface area contributed by atoms with Crippen molar-refractivity contribution < 1.29 is 27.8 Å². The third kappa shape index (κ3) is 4.05. The lowest BCUT2D eigenvalue weighted by atomic mass is 10.0. The normalized spacial score (nSPS) is 24.9. The zero-order chi connectivity index (χ0) is 17.4. The Balaban J connectivity index is 2.13. The van der Waals surface area contributed by atoms with Crippen LogP contribution in [0.3, 0.4) is 0 Å². The molecular weight excluding hydrogens is 327 g/mol. The molecule has 1 aliphatic rings. The van der Waals surface area contributed by atoms with Crippen molar-refractivity contribution in [3.63, 3.8) is 0 Å². The van der Waals surface area contributed by atoms with Crippen molar-refractivity contribution in [2.75, 3.05) is 25.9 Å². The molecule has 0 unspecified atom stereocenters. The second-order valence-electron chi connectivity index (χ2n) is 5.86. The molecule has 0 spiro atoms. The van der Waals surface area contributed by atoms with Crippen LogP contribution in [0.25, 0.3) is 0 Å². The molecule has 1 fully saturated rings. The molecule has 3 N–H and O–H groups in total. The second kappa shape index (κ2) is 6.16. The van der Waals surface area contributed by atoms with Crippen molar-refractivity contribution >= 4 is 15.9 Å². The number of β-amino-alcohol motifs (C(OH)–C–C–N with tert-alkyl or cyclic N) is 2. The molecule has 7 nitrogen and oxygen atoms in total. The van der Waals surface area contributed by atoms with Crippen LogP contribution in [0.2, 0.25) is 0 Å². The quantitative estimate of drug-likeness (QED) is 0.664. The van der Waals surface area contributed by atoms with Gasteiger partial charge in [-0.3, -0.25) is 4.79 Å². The molecule has 0 aromatic heterocycles. The first-order valence-electron chi connectivity index (χ1n) is 6.92. The number of carbonyl (C=O) groups excluding carboxylic acids is 1. The minimum Gasteiger partial charge on any atom is -0.388 e. The van der Waals surface area contributed by atoms with E-state index in [1.807, 2.05) is 0 Å². The summed E-state index contributed by atoms with van der Waals surface area (Å²) in [7, 11) is -3.55. The molecule has 0 aliphatic carbocycles. The molecule has 0 radical (unpaired) electrons. The summed E-state index contributed by atoms with van der Waals surface area (Å²) in [5.41, 5.74) is -1.29. The molecule has 1 aliphatic heterocycles. The van der Waals surface area contributed by atoms with E-state index >= 15 is 0 Å². The van der Waals surface area contributed by atoms with Crippen LogP contribution < -0.4 is 4.72 Å². The highest BCUT2D eigenvalue weighted by atomic mass is 32.2.